The summed E-state index contributed by atoms with van der Waals surface area (Å²) in [6.07, 6.45) is 1.08. The van der Waals surface area contributed by atoms with Crippen molar-refractivity contribution in [3.05, 3.63) is 70.8 Å². The Morgan fingerprint density at radius 2 is 1.58 bits per heavy atom. The van der Waals surface area contributed by atoms with Crippen molar-refractivity contribution in [2.24, 2.45) is 0 Å². The van der Waals surface area contributed by atoms with Crippen molar-refractivity contribution in [3.8, 4) is 11.1 Å². The van der Waals surface area contributed by atoms with Crippen LogP contribution >= 0.6 is 0 Å². The molecule has 0 unspecified atom stereocenters. The summed E-state index contributed by atoms with van der Waals surface area (Å²) in [6, 6.07) is 18.0. The van der Waals surface area contributed by atoms with E-state index in [-0.39, 0.29) is 0 Å². The molecule has 3 aromatic rings. The van der Waals surface area contributed by atoms with Crippen molar-refractivity contribution < 1.29 is 0 Å². The highest BCUT2D eigenvalue weighted by Gasteiger charge is 2.20. The summed E-state index contributed by atoms with van der Waals surface area (Å²) in [5.41, 5.74) is 8.63. The van der Waals surface area contributed by atoms with Crippen molar-refractivity contribution in [1.29, 1.82) is 0 Å². The SMILES string of the molecule is Cc1cc2c(cc1C)-c1ccc3ccccc3c1C2. The maximum absolute atomic E-state index is 2.36. The van der Waals surface area contributed by atoms with Gasteiger partial charge in [-0.2, -0.15) is 0 Å². The summed E-state index contributed by atoms with van der Waals surface area (Å²) >= 11 is 0. The molecule has 0 amide bonds. The second-order valence-electron chi connectivity index (χ2n) is 5.58. The zero-order chi connectivity index (χ0) is 13.0. The molecule has 0 heteroatoms. The Hall–Kier alpha value is -2.08. The molecule has 0 saturated heterocycles. The van der Waals surface area contributed by atoms with Gasteiger partial charge in [0, 0.05) is 0 Å². The van der Waals surface area contributed by atoms with Gasteiger partial charge in [-0.05, 0) is 64.4 Å². The molecule has 1 aliphatic carbocycles. The lowest BCUT2D eigenvalue weighted by Crippen LogP contribution is -1.86. The van der Waals surface area contributed by atoms with Gasteiger partial charge in [-0.25, -0.2) is 0 Å². The molecule has 0 N–H and O–H groups in total. The van der Waals surface area contributed by atoms with E-state index in [1.165, 1.54) is 44.2 Å². The predicted octanol–water partition coefficient (Wildman–Crippen LogP) is 5.03. The van der Waals surface area contributed by atoms with Crippen LogP contribution < -0.4 is 0 Å². The van der Waals surface area contributed by atoms with E-state index in [0.29, 0.717) is 0 Å². The summed E-state index contributed by atoms with van der Waals surface area (Å²) < 4.78 is 0. The average molecular weight is 244 g/mol. The van der Waals surface area contributed by atoms with Crippen LogP contribution in [-0.4, -0.2) is 0 Å². The van der Waals surface area contributed by atoms with Crippen LogP contribution in [0.5, 0.6) is 0 Å². The average Bonchev–Trinajstić information content (AvgIpc) is 2.77. The van der Waals surface area contributed by atoms with E-state index in [1.54, 1.807) is 0 Å². The van der Waals surface area contributed by atoms with Crippen molar-refractivity contribution in [3.63, 3.8) is 0 Å². The first-order valence-electron chi connectivity index (χ1n) is 6.85. The number of fused-ring (bicyclic) bond motifs is 5. The van der Waals surface area contributed by atoms with Crippen LogP contribution in [0.25, 0.3) is 21.9 Å². The van der Waals surface area contributed by atoms with Crippen LogP contribution in [0.3, 0.4) is 0 Å². The van der Waals surface area contributed by atoms with Gasteiger partial charge < -0.3 is 0 Å². The smallest absolute Gasteiger partial charge is 0.000718 e. The highest BCUT2D eigenvalue weighted by atomic mass is 14.2. The van der Waals surface area contributed by atoms with E-state index in [9.17, 15) is 0 Å². The molecule has 0 fully saturated rings. The minimum Gasteiger partial charge on any atom is -0.0616 e. The first-order valence-corrected chi connectivity index (χ1v) is 6.85. The summed E-state index contributed by atoms with van der Waals surface area (Å²) in [5, 5.41) is 2.76. The minimum atomic E-state index is 1.08. The lowest BCUT2D eigenvalue weighted by molar-refractivity contribution is 1.24. The number of rotatable bonds is 0. The standard InChI is InChI=1S/C19H16/c1-12-9-15-11-19-16-6-4-3-5-14(16)7-8-17(19)18(15)10-13(12)2/h3-10H,11H2,1-2H3. The van der Waals surface area contributed by atoms with Gasteiger partial charge in [0.1, 0.15) is 0 Å². The zero-order valence-corrected chi connectivity index (χ0v) is 11.3. The Bertz CT molecular complexity index is 810. The molecule has 1 aliphatic rings. The Morgan fingerprint density at radius 1 is 0.789 bits per heavy atom. The fourth-order valence-corrected chi connectivity index (χ4v) is 3.24. The van der Waals surface area contributed by atoms with Crippen molar-refractivity contribution in [2.45, 2.75) is 20.3 Å². The number of benzene rings is 3. The molecule has 0 aliphatic heterocycles. The number of hydrogen-bond acceptors (Lipinski definition) is 0. The first-order chi connectivity index (χ1) is 9.24. The molecule has 4 rings (SSSR count). The maximum atomic E-state index is 2.36. The third-order valence-corrected chi connectivity index (χ3v) is 4.42. The lowest BCUT2D eigenvalue weighted by atomic mass is 9.98. The van der Waals surface area contributed by atoms with E-state index < -0.39 is 0 Å². The fraction of sp³-hybridized carbons (Fsp3) is 0.158. The molecule has 0 spiro atoms. The largest absolute Gasteiger partial charge is 0.0616 e. The van der Waals surface area contributed by atoms with E-state index in [0.717, 1.165) is 6.42 Å². The van der Waals surface area contributed by atoms with Crippen LogP contribution in [-0.2, 0) is 6.42 Å². The Kier molecular flexibility index (Phi) is 2.11. The summed E-state index contributed by atoms with van der Waals surface area (Å²) in [5.74, 6) is 0. The normalized spacial score (nSPS) is 12.5. The molecular weight excluding hydrogens is 228 g/mol. The van der Waals surface area contributed by atoms with Gasteiger partial charge in [0.2, 0.25) is 0 Å². The van der Waals surface area contributed by atoms with Crippen LogP contribution in [0.4, 0.5) is 0 Å². The molecule has 0 atom stereocenters. The van der Waals surface area contributed by atoms with E-state index in [4.69, 9.17) is 0 Å². The molecular formula is C19H16. The zero-order valence-electron chi connectivity index (χ0n) is 11.3. The van der Waals surface area contributed by atoms with Crippen LogP contribution in [0.1, 0.15) is 22.3 Å². The summed E-state index contributed by atoms with van der Waals surface area (Å²) in [6.45, 7) is 4.41. The molecule has 3 aromatic carbocycles. The molecule has 0 aromatic heterocycles. The first kappa shape index (κ1) is 10.8. The van der Waals surface area contributed by atoms with Crippen molar-refractivity contribution >= 4 is 10.8 Å². The van der Waals surface area contributed by atoms with Gasteiger partial charge in [-0.15, -0.1) is 0 Å². The molecule has 0 bridgehead atoms. The molecule has 0 saturated carbocycles. The lowest BCUT2D eigenvalue weighted by Gasteiger charge is -2.06. The van der Waals surface area contributed by atoms with Crippen molar-refractivity contribution in [1.82, 2.24) is 0 Å². The van der Waals surface area contributed by atoms with Gasteiger partial charge in [-0.3, -0.25) is 0 Å². The molecule has 0 radical (unpaired) electrons. The Balaban J connectivity index is 2.06. The van der Waals surface area contributed by atoms with Gasteiger partial charge in [0.15, 0.2) is 0 Å². The van der Waals surface area contributed by atoms with Gasteiger partial charge in [0.25, 0.3) is 0 Å². The molecule has 19 heavy (non-hydrogen) atoms. The summed E-state index contributed by atoms with van der Waals surface area (Å²) in [4.78, 5) is 0. The molecule has 92 valence electrons. The highest BCUT2D eigenvalue weighted by molar-refractivity contribution is 5.95. The number of aryl methyl sites for hydroxylation is 2. The molecule has 0 heterocycles. The second kappa shape index (κ2) is 3.71. The van der Waals surface area contributed by atoms with Crippen LogP contribution in [0, 0.1) is 13.8 Å². The van der Waals surface area contributed by atoms with Crippen molar-refractivity contribution in [2.75, 3.05) is 0 Å². The van der Waals surface area contributed by atoms with E-state index in [1.807, 2.05) is 0 Å². The van der Waals surface area contributed by atoms with Crippen LogP contribution in [0.2, 0.25) is 0 Å². The second-order valence-corrected chi connectivity index (χ2v) is 5.58. The monoisotopic (exact) mass is 244 g/mol. The molecule has 0 nitrogen and oxygen atoms in total. The Morgan fingerprint density at radius 3 is 2.47 bits per heavy atom. The van der Waals surface area contributed by atoms with Gasteiger partial charge >= 0.3 is 0 Å². The fourth-order valence-electron chi connectivity index (χ4n) is 3.24. The number of hydrogen-bond donors (Lipinski definition) is 0. The van der Waals surface area contributed by atoms with Crippen LogP contribution in [0.15, 0.2) is 48.5 Å². The third kappa shape index (κ3) is 1.46. The minimum absolute atomic E-state index is 1.08. The predicted molar refractivity (Wildman–Crippen MR) is 81.7 cm³/mol. The Labute approximate surface area is 113 Å². The van der Waals surface area contributed by atoms with E-state index in [2.05, 4.69) is 62.4 Å². The third-order valence-electron chi connectivity index (χ3n) is 4.42. The topological polar surface area (TPSA) is 0 Å². The highest BCUT2D eigenvalue weighted by Crippen LogP contribution is 2.41. The van der Waals surface area contributed by atoms with Gasteiger partial charge in [0.05, 0.1) is 0 Å². The quantitative estimate of drug-likeness (QED) is 0.407. The summed E-state index contributed by atoms with van der Waals surface area (Å²) in [7, 11) is 0. The van der Waals surface area contributed by atoms with Gasteiger partial charge in [-0.1, -0.05) is 48.5 Å². The van der Waals surface area contributed by atoms with E-state index >= 15 is 0 Å². The maximum Gasteiger partial charge on any atom is -0.000718 e.